The van der Waals surface area contributed by atoms with Gasteiger partial charge in [0.15, 0.2) is 0 Å². The summed E-state index contributed by atoms with van der Waals surface area (Å²) in [6.45, 7) is 4.23. The molecule has 2 aliphatic rings. The second-order valence-corrected chi connectivity index (χ2v) is 4.69. The summed E-state index contributed by atoms with van der Waals surface area (Å²) in [6, 6.07) is 0.0532. The quantitative estimate of drug-likeness (QED) is 0.619. The predicted molar refractivity (Wildman–Crippen MR) is 52.8 cm³/mol. The average Bonchev–Trinajstić information content (AvgIpc) is 2.39. The molecular weight excluding hydrogens is 180 g/mol. The van der Waals surface area contributed by atoms with Gasteiger partial charge in [-0.25, -0.2) is 0 Å². The van der Waals surface area contributed by atoms with Crippen molar-refractivity contribution in [2.45, 2.75) is 25.5 Å². The fourth-order valence-corrected chi connectivity index (χ4v) is 2.39. The number of carbonyl (C=O) groups is 1. The molecule has 0 aromatic rings. The summed E-state index contributed by atoms with van der Waals surface area (Å²) in [5, 5.41) is 9.12. The van der Waals surface area contributed by atoms with E-state index in [1.807, 2.05) is 7.05 Å². The van der Waals surface area contributed by atoms with Crippen LogP contribution in [0.3, 0.4) is 0 Å². The van der Waals surface area contributed by atoms with E-state index < -0.39 is 0 Å². The Morgan fingerprint density at radius 3 is 2.43 bits per heavy atom. The van der Waals surface area contributed by atoms with Gasteiger partial charge in [0.25, 0.3) is 0 Å². The van der Waals surface area contributed by atoms with Crippen LogP contribution in [0.15, 0.2) is 0 Å². The Labute approximate surface area is 84.5 Å². The number of amides is 1. The van der Waals surface area contributed by atoms with Crippen molar-refractivity contribution >= 4 is 5.91 Å². The van der Waals surface area contributed by atoms with Crippen molar-refractivity contribution in [2.75, 3.05) is 26.7 Å². The second-order valence-electron chi connectivity index (χ2n) is 4.69. The first-order valence-electron chi connectivity index (χ1n) is 5.25. The first-order valence-corrected chi connectivity index (χ1v) is 5.25. The van der Waals surface area contributed by atoms with Gasteiger partial charge in [0.2, 0.25) is 5.91 Å². The highest BCUT2D eigenvalue weighted by molar-refractivity contribution is 5.83. The lowest BCUT2D eigenvalue weighted by atomic mass is 10.0. The van der Waals surface area contributed by atoms with Crippen molar-refractivity contribution < 1.29 is 9.90 Å². The van der Waals surface area contributed by atoms with E-state index >= 15 is 0 Å². The van der Waals surface area contributed by atoms with Gasteiger partial charge in [0, 0.05) is 19.6 Å². The summed E-state index contributed by atoms with van der Waals surface area (Å²) in [5.41, 5.74) is 0. The molecule has 2 aliphatic heterocycles. The molecule has 80 valence electrons. The summed E-state index contributed by atoms with van der Waals surface area (Å²) in [5.74, 6) is 0.808. The molecular formula is C10H18N2O2. The smallest absolute Gasteiger partial charge is 0.240 e. The molecule has 0 radical (unpaired) electrons. The van der Waals surface area contributed by atoms with Crippen LogP contribution in [-0.4, -0.2) is 59.6 Å². The number of nitrogens with zero attached hydrogens (tertiary/aromatic N) is 2. The Morgan fingerprint density at radius 1 is 1.36 bits per heavy atom. The third-order valence-electron chi connectivity index (χ3n) is 3.22. The number of β-amino-alcohol motifs (C(OH)–C–C–N with tert-alkyl or cyclic N) is 1. The van der Waals surface area contributed by atoms with Crippen molar-refractivity contribution in [1.29, 1.82) is 0 Å². The van der Waals surface area contributed by atoms with Crippen molar-refractivity contribution in [2.24, 2.45) is 5.92 Å². The maximum Gasteiger partial charge on any atom is 0.240 e. The molecule has 2 atom stereocenters. The van der Waals surface area contributed by atoms with Crippen molar-refractivity contribution in [3.05, 3.63) is 0 Å². The molecule has 0 saturated carbocycles. The molecule has 0 aromatic carbocycles. The van der Waals surface area contributed by atoms with Crippen molar-refractivity contribution in [3.8, 4) is 0 Å². The van der Waals surface area contributed by atoms with Gasteiger partial charge in [-0.1, -0.05) is 6.92 Å². The Hall–Kier alpha value is -0.610. The zero-order valence-electron chi connectivity index (χ0n) is 8.81. The highest BCUT2D eigenvalue weighted by Gasteiger charge is 2.38. The highest BCUT2D eigenvalue weighted by Crippen LogP contribution is 2.24. The van der Waals surface area contributed by atoms with E-state index in [-0.39, 0.29) is 18.1 Å². The molecule has 14 heavy (non-hydrogen) atoms. The number of rotatable bonds is 1. The van der Waals surface area contributed by atoms with Crippen LogP contribution >= 0.6 is 0 Å². The normalized spacial score (nSPS) is 34.6. The summed E-state index contributed by atoms with van der Waals surface area (Å²) in [7, 11) is 2.00. The number of aliphatic hydroxyl groups is 1. The van der Waals surface area contributed by atoms with Crippen LogP contribution in [0.1, 0.15) is 13.3 Å². The minimum Gasteiger partial charge on any atom is -0.389 e. The maximum absolute atomic E-state index is 11.9. The standard InChI is InChI=1S/C10H18N2O2/c1-7-3-9(11(2)4-7)10(14)12-5-8(13)6-12/h7-9,13H,3-6H2,1-2H3/t7?,9-/m0/s1. The third-order valence-corrected chi connectivity index (χ3v) is 3.22. The van der Waals surface area contributed by atoms with E-state index in [0.717, 1.165) is 13.0 Å². The van der Waals surface area contributed by atoms with Gasteiger partial charge < -0.3 is 10.0 Å². The first kappa shape index (κ1) is 9.93. The molecule has 0 aromatic heterocycles. The molecule has 2 rings (SSSR count). The lowest BCUT2D eigenvalue weighted by Crippen LogP contribution is -2.57. The molecule has 0 spiro atoms. The summed E-state index contributed by atoms with van der Waals surface area (Å²) >= 11 is 0. The van der Waals surface area contributed by atoms with E-state index in [4.69, 9.17) is 5.11 Å². The number of aliphatic hydroxyl groups excluding tert-OH is 1. The minimum absolute atomic E-state index is 0.0532. The Balaban J connectivity index is 1.92. The molecule has 1 N–H and O–H groups in total. The van der Waals surface area contributed by atoms with Crippen LogP contribution in [0.5, 0.6) is 0 Å². The van der Waals surface area contributed by atoms with E-state index in [1.165, 1.54) is 0 Å². The number of likely N-dealkylation sites (N-methyl/N-ethyl adjacent to an activating group) is 1. The van der Waals surface area contributed by atoms with Crippen LogP contribution < -0.4 is 0 Å². The van der Waals surface area contributed by atoms with E-state index in [1.54, 1.807) is 4.90 Å². The molecule has 0 bridgehead atoms. The fraction of sp³-hybridized carbons (Fsp3) is 0.900. The third kappa shape index (κ3) is 1.64. The average molecular weight is 198 g/mol. The van der Waals surface area contributed by atoms with E-state index in [2.05, 4.69) is 11.8 Å². The Morgan fingerprint density at radius 2 is 2.00 bits per heavy atom. The van der Waals surface area contributed by atoms with Crippen LogP contribution in [-0.2, 0) is 4.79 Å². The van der Waals surface area contributed by atoms with Crippen molar-refractivity contribution in [3.63, 3.8) is 0 Å². The predicted octanol–water partition coefficient (Wildman–Crippen LogP) is -0.470. The van der Waals surface area contributed by atoms with Gasteiger partial charge in [-0.3, -0.25) is 9.69 Å². The SMILES string of the molecule is CC1C[C@@H](C(=O)N2CC(O)C2)N(C)C1. The van der Waals surface area contributed by atoms with Gasteiger partial charge in [0.05, 0.1) is 12.1 Å². The van der Waals surface area contributed by atoms with Crippen molar-refractivity contribution in [1.82, 2.24) is 9.80 Å². The van der Waals surface area contributed by atoms with Gasteiger partial charge in [-0.15, -0.1) is 0 Å². The van der Waals surface area contributed by atoms with E-state index in [0.29, 0.717) is 19.0 Å². The van der Waals surface area contributed by atoms with E-state index in [9.17, 15) is 4.79 Å². The monoisotopic (exact) mass is 198 g/mol. The zero-order valence-corrected chi connectivity index (χ0v) is 8.81. The minimum atomic E-state index is -0.289. The van der Waals surface area contributed by atoms with Crippen LogP contribution in [0.25, 0.3) is 0 Å². The van der Waals surface area contributed by atoms with Crippen LogP contribution in [0, 0.1) is 5.92 Å². The number of likely N-dealkylation sites (tertiary alicyclic amines) is 2. The Bertz CT molecular complexity index is 238. The number of hydrogen-bond donors (Lipinski definition) is 1. The number of hydrogen-bond acceptors (Lipinski definition) is 3. The first-order chi connectivity index (χ1) is 6.58. The largest absolute Gasteiger partial charge is 0.389 e. The van der Waals surface area contributed by atoms with Crippen LogP contribution in [0.2, 0.25) is 0 Å². The molecule has 0 aliphatic carbocycles. The molecule has 1 unspecified atom stereocenters. The van der Waals surface area contributed by atoms with Gasteiger partial charge in [-0.05, 0) is 19.4 Å². The number of carbonyl (C=O) groups excluding carboxylic acids is 1. The summed E-state index contributed by atoms with van der Waals surface area (Å²) in [6.07, 6.45) is 0.671. The molecule has 2 fully saturated rings. The molecule has 2 saturated heterocycles. The zero-order chi connectivity index (χ0) is 10.3. The lowest BCUT2D eigenvalue weighted by Gasteiger charge is -2.38. The molecule has 4 heteroatoms. The summed E-state index contributed by atoms with van der Waals surface area (Å²) in [4.78, 5) is 15.8. The second kappa shape index (κ2) is 3.51. The van der Waals surface area contributed by atoms with Gasteiger partial charge in [0.1, 0.15) is 0 Å². The van der Waals surface area contributed by atoms with Crippen LogP contribution in [0.4, 0.5) is 0 Å². The Kier molecular flexibility index (Phi) is 2.49. The molecule has 1 amide bonds. The lowest BCUT2D eigenvalue weighted by molar-refractivity contribution is -0.145. The maximum atomic E-state index is 11.9. The summed E-state index contributed by atoms with van der Waals surface area (Å²) < 4.78 is 0. The van der Waals surface area contributed by atoms with Gasteiger partial charge in [-0.2, -0.15) is 0 Å². The highest BCUT2D eigenvalue weighted by atomic mass is 16.3. The molecule has 2 heterocycles. The fourth-order valence-electron chi connectivity index (χ4n) is 2.39. The van der Waals surface area contributed by atoms with Gasteiger partial charge >= 0.3 is 0 Å². The topological polar surface area (TPSA) is 43.8 Å². The molecule has 4 nitrogen and oxygen atoms in total.